The van der Waals surface area contributed by atoms with Crippen molar-refractivity contribution in [1.29, 1.82) is 0 Å². The average Bonchev–Trinajstić information content (AvgIpc) is 2.73. The van der Waals surface area contributed by atoms with Crippen molar-refractivity contribution in [3.05, 3.63) is 90.0 Å². The first kappa shape index (κ1) is 19.4. The van der Waals surface area contributed by atoms with Gasteiger partial charge in [-0.05, 0) is 60.7 Å². The standard InChI is InChI=1S/C21H19N5O3/c22-21(23)24-16-10-6-15(7-11-16)20(28)29-18-12-8-14(9-13-18)19(27)26-25-17-4-2-1-3-5-17/h1-13,25H,(H,26,27)(H4,22,23,24). The zero-order valence-corrected chi connectivity index (χ0v) is 15.3. The fourth-order valence-electron chi connectivity index (χ4n) is 2.38. The Morgan fingerprint density at radius 2 is 1.41 bits per heavy atom. The lowest BCUT2D eigenvalue weighted by molar-refractivity contribution is 0.0734. The first-order valence-electron chi connectivity index (χ1n) is 8.64. The number of esters is 1. The number of nitrogens with zero attached hydrogens (tertiary/aromatic N) is 1. The summed E-state index contributed by atoms with van der Waals surface area (Å²) in [5.74, 6) is -0.606. The molecule has 29 heavy (non-hydrogen) atoms. The second-order valence-electron chi connectivity index (χ2n) is 5.94. The third-order valence-corrected chi connectivity index (χ3v) is 3.78. The molecule has 0 aromatic heterocycles. The molecule has 6 N–H and O–H groups in total. The van der Waals surface area contributed by atoms with Gasteiger partial charge in [0.2, 0.25) is 0 Å². The predicted octanol–water partition coefficient (Wildman–Crippen LogP) is 2.57. The van der Waals surface area contributed by atoms with E-state index in [9.17, 15) is 9.59 Å². The van der Waals surface area contributed by atoms with Crippen molar-refractivity contribution < 1.29 is 14.3 Å². The maximum atomic E-state index is 12.2. The minimum absolute atomic E-state index is 0.0663. The van der Waals surface area contributed by atoms with Crippen LogP contribution in [0.1, 0.15) is 20.7 Å². The normalized spacial score (nSPS) is 9.93. The highest BCUT2D eigenvalue weighted by Gasteiger charge is 2.10. The molecule has 0 heterocycles. The lowest BCUT2D eigenvalue weighted by atomic mass is 10.2. The van der Waals surface area contributed by atoms with Crippen LogP contribution in [0.3, 0.4) is 0 Å². The molecule has 1 amide bonds. The van der Waals surface area contributed by atoms with Crippen LogP contribution in [0.4, 0.5) is 11.4 Å². The first-order valence-corrected chi connectivity index (χ1v) is 8.64. The summed E-state index contributed by atoms with van der Waals surface area (Å²) in [6.45, 7) is 0. The van der Waals surface area contributed by atoms with Crippen LogP contribution in [0, 0.1) is 0 Å². The number of nitrogens with one attached hydrogen (secondary N) is 2. The second kappa shape index (κ2) is 9.05. The fourth-order valence-corrected chi connectivity index (χ4v) is 2.38. The van der Waals surface area contributed by atoms with E-state index in [4.69, 9.17) is 16.2 Å². The Morgan fingerprint density at radius 1 is 0.793 bits per heavy atom. The summed E-state index contributed by atoms with van der Waals surface area (Å²) in [5, 5.41) is 0. The van der Waals surface area contributed by atoms with E-state index in [1.54, 1.807) is 48.5 Å². The number of hydrogen-bond acceptors (Lipinski definition) is 5. The van der Waals surface area contributed by atoms with E-state index < -0.39 is 5.97 Å². The molecular formula is C21H19N5O3. The molecule has 3 aromatic rings. The Bertz CT molecular complexity index is 1010. The predicted molar refractivity (Wildman–Crippen MR) is 111 cm³/mol. The average molecular weight is 389 g/mol. The molecule has 0 fully saturated rings. The van der Waals surface area contributed by atoms with Gasteiger partial charge in [0.1, 0.15) is 5.75 Å². The van der Waals surface area contributed by atoms with Gasteiger partial charge in [-0.1, -0.05) is 18.2 Å². The molecule has 0 spiro atoms. The van der Waals surface area contributed by atoms with Crippen LogP contribution in [-0.2, 0) is 0 Å². The number of carbonyl (C=O) groups is 2. The molecule has 0 saturated heterocycles. The summed E-state index contributed by atoms with van der Waals surface area (Å²) in [4.78, 5) is 28.3. The number of guanidine groups is 1. The third kappa shape index (κ3) is 5.57. The van der Waals surface area contributed by atoms with Gasteiger partial charge in [0.25, 0.3) is 5.91 Å². The topological polar surface area (TPSA) is 132 Å². The Hall–Kier alpha value is -4.33. The highest BCUT2D eigenvalue weighted by Crippen LogP contribution is 2.17. The van der Waals surface area contributed by atoms with E-state index in [1.807, 2.05) is 30.3 Å². The fraction of sp³-hybridized carbons (Fsp3) is 0. The Labute approximate surface area is 167 Å². The molecule has 0 unspecified atom stereocenters. The van der Waals surface area contributed by atoms with Gasteiger partial charge >= 0.3 is 5.97 Å². The van der Waals surface area contributed by atoms with Crippen molar-refractivity contribution in [2.75, 3.05) is 5.43 Å². The van der Waals surface area contributed by atoms with Gasteiger partial charge in [-0.15, -0.1) is 0 Å². The number of benzene rings is 3. The van der Waals surface area contributed by atoms with Gasteiger partial charge in [0.05, 0.1) is 16.9 Å². The molecule has 3 aromatic carbocycles. The van der Waals surface area contributed by atoms with Crippen LogP contribution < -0.4 is 27.1 Å². The summed E-state index contributed by atoms with van der Waals surface area (Å²) in [7, 11) is 0. The van der Waals surface area contributed by atoms with Gasteiger partial charge in [-0.2, -0.15) is 0 Å². The van der Waals surface area contributed by atoms with E-state index in [1.165, 1.54) is 0 Å². The number of rotatable bonds is 6. The van der Waals surface area contributed by atoms with Crippen LogP contribution in [-0.4, -0.2) is 17.8 Å². The summed E-state index contributed by atoms with van der Waals surface area (Å²) in [6.07, 6.45) is 0. The minimum Gasteiger partial charge on any atom is -0.423 e. The Balaban J connectivity index is 1.57. The number of nitrogens with two attached hydrogens (primary N) is 2. The molecule has 0 aliphatic carbocycles. The van der Waals surface area contributed by atoms with Gasteiger partial charge < -0.3 is 16.2 Å². The minimum atomic E-state index is -0.538. The summed E-state index contributed by atoms with van der Waals surface area (Å²) in [5.41, 5.74) is 18.1. The lowest BCUT2D eigenvalue weighted by Crippen LogP contribution is -2.29. The zero-order valence-electron chi connectivity index (χ0n) is 15.3. The molecule has 0 aliphatic heterocycles. The van der Waals surface area contributed by atoms with Crippen LogP contribution in [0.5, 0.6) is 5.75 Å². The largest absolute Gasteiger partial charge is 0.423 e. The number of carbonyl (C=O) groups excluding carboxylic acids is 2. The van der Waals surface area contributed by atoms with Crippen LogP contribution in [0.15, 0.2) is 83.9 Å². The smallest absolute Gasteiger partial charge is 0.343 e. The summed E-state index contributed by atoms with van der Waals surface area (Å²) < 4.78 is 5.31. The Kier molecular flexibility index (Phi) is 6.06. The van der Waals surface area contributed by atoms with E-state index >= 15 is 0 Å². The van der Waals surface area contributed by atoms with Gasteiger partial charge in [-0.25, -0.2) is 9.79 Å². The van der Waals surface area contributed by atoms with Crippen molar-refractivity contribution in [2.45, 2.75) is 0 Å². The van der Waals surface area contributed by atoms with Crippen molar-refractivity contribution in [2.24, 2.45) is 16.5 Å². The van der Waals surface area contributed by atoms with Crippen LogP contribution in [0.2, 0.25) is 0 Å². The first-order chi connectivity index (χ1) is 14.0. The Morgan fingerprint density at radius 3 is 2.03 bits per heavy atom. The number of hydrazine groups is 1. The molecule has 8 heteroatoms. The van der Waals surface area contributed by atoms with Crippen LogP contribution in [0.25, 0.3) is 0 Å². The molecule has 8 nitrogen and oxygen atoms in total. The van der Waals surface area contributed by atoms with Crippen molar-refractivity contribution >= 4 is 29.2 Å². The van der Waals surface area contributed by atoms with Crippen LogP contribution >= 0.6 is 0 Å². The second-order valence-corrected chi connectivity index (χ2v) is 5.94. The summed E-state index contributed by atoms with van der Waals surface area (Å²) >= 11 is 0. The zero-order chi connectivity index (χ0) is 20.6. The van der Waals surface area contributed by atoms with E-state index in [0.717, 1.165) is 5.69 Å². The quantitative estimate of drug-likeness (QED) is 0.168. The van der Waals surface area contributed by atoms with Gasteiger partial charge in [0, 0.05) is 5.56 Å². The molecule has 3 rings (SSSR count). The van der Waals surface area contributed by atoms with Crippen molar-refractivity contribution in [3.63, 3.8) is 0 Å². The molecule has 0 atom stereocenters. The highest BCUT2D eigenvalue weighted by molar-refractivity contribution is 5.95. The van der Waals surface area contributed by atoms with Crippen molar-refractivity contribution in [1.82, 2.24) is 5.43 Å². The number of aliphatic imine (C=N–C) groups is 1. The number of para-hydroxylation sites is 1. The maximum Gasteiger partial charge on any atom is 0.343 e. The van der Waals surface area contributed by atoms with E-state index in [0.29, 0.717) is 22.6 Å². The number of hydrogen-bond donors (Lipinski definition) is 4. The highest BCUT2D eigenvalue weighted by atomic mass is 16.5. The SMILES string of the molecule is NC(N)=Nc1ccc(C(=O)Oc2ccc(C(=O)NNc3ccccc3)cc2)cc1. The van der Waals surface area contributed by atoms with Crippen molar-refractivity contribution in [3.8, 4) is 5.75 Å². The van der Waals surface area contributed by atoms with Gasteiger partial charge in [-0.3, -0.25) is 15.6 Å². The molecule has 0 radical (unpaired) electrons. The van der Waals surface area contributed by atoms with E-state index in [-0.39, 0.29) is 11.9 Å². The molecule has 146 valence electrons. The molecular weight excluding hydrogens is 370 g/mol. The maximum absolute atomic E-state index is 12.2. The number of anilines is 1. The number of ether oxygens (including phenoxy) is 1. The molecule has 0 bridgehead atoms. The monoisotopic (exact) mass is 389 g/mol. The summed E-state index contributed by atoms with van der Waals surface area (Å²) in [6, 6.07) is 21.8. The molecule has 0 aliphatic rings. The number of amides is 1. The lowest BCUT2D eigenvalue weighted by Gasteiger charge is -2.09. The van der Waals surface area contributed by atoms with Gasteiger partial charge in [0.15, 0.2) is 5.96 Å². The third-order valence-electron chi connectivity index (χ3n) is 3.78. The van der Waals surface area contributed by atoms with E-state index in [2.05, 4.69) is 15.8 Å². The molecule has 0 saturated carbocycles.